The number of carbonyl (C=O) groups is 1. The fourth-order valence-electron chi connectivity index (χ4n) is 1.86. The van der Waals surface area contributed by atoms with Gasteiger partial charge in [0, 0.05) is 6.54 Å². The Kier molecular flexibility index (Phi) is 2.42. The predicted molar refractivity (Wildman–Crippen MR) is 61.8 cm³/mol. The van der Waals surface area contributed by atoms with E-state index in [1.54, 1.807) is 4.57 Å². The van der Waals surface area contributed by atoms with Crippen molar-refractivity contribution in [2.75, 3.05) is 0 Å². The molecule has 1 aromatic heterocycles. The van der Waals surface area contributed by atoms with Crippen LogP contribution in [0.3, 0.4) is 0 Å². The van der Waals surface area contributed by atoms with Gasteiger partial charge in [0.15, 0.2) is 0 Å². The zero-order valence-corrected chi connectivity index (χ0v) is 9.61. The van der Waals surface area contributed by atoms with E-state index in [0.29, 0.717) is 6.54 Å². The van der Waals surface area contributed by atoms with E-state index in [2.05, 4.69) is 4.98 Å². The number of fused-ring (bicyclic) bond motifs is 1. The van der Waals surface area contributed by atoms with E-state index in [1.807, 2.05) is 32.9 Å². The van der Waals surface area contributed by atoms with Gasteiger partial charge in [-0.3, -0.25) is 0 Å². The third kappa shape index (κ3) is 1.46. The fourth-order valence-corrected chi connectivity index (χ4v) is 1.86. The lowest BCUT2D eigenvalue weighted by molar-refractivity contribution is 0.0679. The second-order valence-corrected chi connectivity index (χ2v) is 3.91. The Bertz CT molecular complexity index is 570. The summed E-state index contributed by atoms with van der Waals surface area (Å²) in [5.74, 6) is -0.865. The minimum absolute atomic E-state index is 0.113. The van der Waals surface area contributed by atoms with Crippen LogP contribution < -0.4 is 0 Å². The number of carboxylic acids is 1. The number of aromatic carboxylic acids is 1. The average Bonchev–Trinajstić information content (AvgIpc) is 2.57. The minimum atomic E-state index is -0.978. The number of aryl methyl sites for hydroxylation is 3. The number of hydrogen-bond acceptors (Lipinski definition) is 2. The molecule has 4 heteroatoms. The van der Waals surface area contributed by atoms with Crippen LogP contribution in [0.1, 0.15) is 28.7 Å². The van der Waals surface area contributed by atoms with Gasteiger partial charge in [-0.05, 0) is 44.0 Å². The Hall–Kier alpha value is -1.84. The van der Waals surface area contributed by atoms with E-state index in [9.17, 15) is 4.79 Å². The SMILES string of the molecule is CCn1c(C(=O)O)nc2cc(C)c(C)cc21. The molecule has 4 nitrogen and oxygen atoms in total. The quantitative estimate of drug-likeness (QED) is 0.841. The summed E-state index contributed by atoms with van der Waals surface area (Å²) in [6.07, 6.45) is 0. The lowest BCUT2D eigenvalue weighted by atomic mass is 10.1. The molecule has 2 rings (SSSR count). The first-order valence-electron chi connectivity index (χ1n) is 5.25. The van der Waals surface area contributed by atoms with Gasteiger partial charge in [0.1, 0.15) is 0 Å². The first kappa shape index (κ1) is 10.7. The van der Waals surface area contributed by atoms with Crippen molar-refractivity contribution in [2.24, 2.45) is 0 Å². The second kappa shape index (κ2) is 3.63. The van der Waals surface area contributed by atoms with Crippen LogP contribution in [0.4, 0.5) is 0 Å². The molecule has 0 radical (unpaired) electrons. The summed E-state index contributed by atoms with van der Waals surface area (Å²) in [6.45, 7) is 6.55. The standard InChI is InChI=1S/C12H14N2O2/c1-4-14-10-6-8(3)7(2)5-9(10)13-11(14)12(15)16/h5-6H,4H2,1-3H3,(H,15,16). The maximum absolute atomic E-state index is 11.0. The number of nitrogens with zero attached hydrogens (tertiary/aromatic N) is 2. The van der Waals surface area contributed by atoms with Crippen LogP contribution in [0.5, 0.6) is 0 Å². The van der Waals surface area contributed by atoms with Crippen molar-refractivity contribution >= 4 is 17.0 Å². The van der Waals surface area contributed by atoms with Crippen LogP contribution in [0, 0.1) is 13.8 Å². The molecule has 0 aliphatic carbocycles. The molecule has 0 spiro atoms. The van der Waals surface area contributed by atoms with Gasteiger partial charge in [0.25, 0.3) is 0 Å². The third-order valence-corrected chi connectivity index (χ3v) is 2.87. The van der Waals surface area contributed by atoms with Crippen molar-refractivity contribution in [3.8, 4) is 0 Å². The maximum atomic E-state index is 11.0. The van der Waals surface area contributed by atoms with Crippen LogP contribution in [0.2, 0.25) is 0 Å². The largest absolute Gasteiger partial charge is 0.475 e. The van der Waals surface area contributed by atoms with Crippen LogP contribution in [-0.2, 0) is 6.54 Å². The molecule has 0 saturated heterocycles. The molecule has 0 aliphatic heterocycles. The molecule has 1 N–H and O–H groups in total. The zero-order valence-electron chi connectivity index (χ0n) is 9.61. The Labute approximate surface area is 93.5 Å². The highest BCUT2D eigenvalue weighted by Gasteiger charge is 2.15. The molecule has 0 fully saturated rings. The van der Waals surface area contributed by atoms with Crippen molar-refractivity contribution in [1.82, 2.24) is 9.55 Å². The van der Waals surface area contributed by atoms with Gasteiger partial charge < -0.3 is 9.67 Å². The first-order chi connectivity index (χ1) is 7.54. The lowest BCUT2D eigenvalue weighted by Crippen LogP contribution is -2.08. The fraction of sp³-hybridized carbons (Fsp3) is 0.333. The molecule has 0 aliphatic rings. The number of carboxylic acid groups (broad SMARTS) is 1. The van der Waals surface area contributed by atoms with Gasteiger partial charge in [-0.15, -0.1) is 0 Å². The molecule has 84 valence electrons. The Morgan fingerprint density at radius 3 is 2.56 bits per heavy atom. The average molecular weight is 218 g/mol. The molecule has 1 aromatic carbocycles. The molecule has 2 aromatic rings. The van der Waals surface area contributed by atoms with Crippen LogP contribution in [0.25, 0.3) is 11.0 Å². The van der Waals surface area contributed by atoms with E-state index in [0.717, 1.165) is 22.2 Å². The second-order valence-electron chi connectivity index (χ2n) is 3.91. The third-order valence-electron chi connectivity index (χ3n) is 2.87. The molecular weight excluding hydrogens is 204 g/mol. The lowest BCUT2D eigenvalue weighted by Gasteiger charge is -2.04. The molecular formula is C12H14N2O2. The monoisotopic (exact) mass is 218 g/mol. The number of benzene rings is 1. The molecule has 16 heavy (non-hydrogen) atoms. The van der Waals surface area contributed by atoms with Gasteiger partial charge in [0.05, 0.1) is 11.0 Å². The van der Waals surface area contributed by atoms with Gasteiger partial charge in [0.2, 0.25) is 5.82 Å². The Morgan fingerprint density at radius 1 is 1.38 bits per heavy atom. The normalized spacial score (nSPS) is 10.9. The summed E-state index contributed by atoms with van der Waals surface area (Å²) in [5.41, 5.74) is 3.93. The van der Waals surface area contributed by atoms with Gasteiger partial charge in [-0.2, -0.15) is 0 Å². The van der Waals surface area contributed by atoms with Crippen LogP contribution in [0.15, 0.2) is 12.1 Å². The first-order valence-corrected chi connectivity index (χ1v) is 5.25. The summed E-state index contributed by atoms with van der Waals surface area (Å²) in [5, 5.41) is 9.05. The number of hydrogen-bond donors (Lipinski definition) is 1. The number of aromatic nitrogens is 2. The highest BCUT2D eigenvalue weighted by atomic mass is 16.4. The predicted octanol–water partition coefficient (Wildman–Crippen LogP) is 2.37. The summed E-state index contributed by atoms with van der Waals surface area (Å²) >= 11 is 0. The smallest absolute Gasteiger partial charge is 0.372 e. The van der Waals surface area contributed by atoms with Crippen molar-refractivity contribution in [2.45, 2.75) is 27.3 Å². The topological polar surface area (TPSA) is 55.1 Å². The summed E-state index contributed by atoms with van der Waals surface area (Å²) in [4.78, 5) is 15.2. The summed E-state index contributed by atoms with van der Waals surface area (Å²) in [7, 11) is 0. The van der Waals surface area contributed by atoms with Gasteiger partial charge >= 0.3 is 5.97 Å². The summed E-state index contributed by atoms with van der Waals surface area (Å²) < 4.78 is 1.73. The molecule has 0 bridgehead atoms. The minimum Gasteiger partial charge on any atom is -0.475 e. The van der Waals surface area contributed by atoms with Crippen molar-refractivity contribution in [1.29, 1.82) is 0 Å². The van der Waals surface area contributed by atoms with Crippen LogP contribution in [-0.4, -0.2) is 20.6 Å². The molecule has 1 heterocycles. The highest BCUT2D eigenvalue weighted by Crippen LogP contribution is 2.20. The zero-order chi connectivity index (χ0) is 11.9. The van der Waals surface area contributed by atoms with Gasteiger partial charge in [-0.25, -0.2) is 9.78 Å². The van der Waals surface area contributed by atoms with E-state index in [4.69, 9.17) is 5.11 Å². The van der Waals surface area contributed by atoms with Crippen molar-refractivity contribution in [3.63, 3.8) is 0 Å². The van der Waals surface area contributed by atoms with Crippen molar-refractivity contribution in [3.05, 3.63) is 29.1 Å². The van der Waals surface area contributed by atoms with Gasteiger partial charge in [-0.1, -0.05) is 0 Å². The summed E-state index contributed by atoms with van der Waals surface area (Å²) in [6, 6.07) is 3.93. The van der Waals surface area contributed by atoms with E-state index in [1.165, 1.54) is 0 Å². The molecule has 0 unspecified atom stereocenters. The Morgan fingerprint density at radius 2 is 2.00 bits per heavy atom. The highest BCUT2D eigenvalue weighted by molar-refractivity contribution is 5.90. The molecule has 0 saturated carbocycles. The number of imidazole rings is 1. The van der Waals surface area contributed by atoms with E-state index >= 15 is 0 Å². The van der Waals surface area contributed by atoms with Crippen LogP contribution >= 0.6 is 0 Å². The maximum Gasteiger partial charge on any atom is 0.372 e. The Balaban J connectivity index is 2.82. The molecule has 0 atom stereocenters. The van der Waals surface area contributed by atoms with Crippen molar-refractivity contribution < 1.29 is 9.90 Å². The van der Waals surface area contributed by atoms with E-state index in [-0.39, 0.29) is 5.82 Å². The van der Waals surface area contributed by atoms with E-state index < -0.39 is 5.97 Å². The number of rotatable bonds is 2. The molecule has 0 amide bonds.